The van der Waals surface area contributed by atoms with Gasteiger partial charge in [-0.2, -0.15) is 4.31 Å². The van der Waals surface area contributed by atoms with E-state index < -0.39 is 10.0 Å². The van der Waals surface area contributed by atoms with Gasteiger partial charge in [0.1, 0.15) is 10.7 Å². The number of carbonyl (C=O) groups is 1. The highest BCUT2D eigenvalue weighted by Gasteiger charge is 2.30. The normalized spacial score (nSPS) is 15.2. The molecule has 3 heterocycles. The fraction of sp³-hybridized carbons (Fsp3) is 0.167. The molecule has 4 aromatic rings. The predicted octanol–water partition coefficient (Wildman–Crippen LogP) is 3.51. The molecule has 1 amide bonds. The number of piperazine rings is 1. The van der Waals surface area contributed by atoms with Crippen LogP contribution < -0.4 is 0 Å². The van der Waals surface area contributed by atoms with Crippen LogP contribution >= 0.6 is 11.3 Å². The van der Waals surface area contributed by atoms with Crippen molar-refractivity contribution in [1.82, 2.24) is 24.2 Å². The Kier molecular flexibility index (Phi) is 6.18. The van der Waals surface area contributed by atoms with Crippen LogP contribution in [0.3, 0.4) is 0 Å². The molecule has 172 valence electrons. The van der Waals surface area contributed by atoms with Crippen LogP contribution in [0.5, 0.6) is 0 Å². The van der Waals surface area contributed by atoms with Crippen LogP contribution in [0, 0.1) is 0 Å². The highest BCUT2D eigenvalue weighted by Crippen LogP contribution is 2.30. The summed E-state index contributed by atoms with van der Waals surface area (Å²) in [4.78, 5) is 28.2. The zero-order valence-corrected chi connectivity index (χ0v) is 19.7. The molecule has 2 aromatic heterocycles. The molecule has 0 unspecified atom stereocenters. The lowest BCUT2D eigenvalue weighted by Crippen LogP contribution is -2.50. The van der Waals surface area contributed by atoms with Crippen LogP contribution in [0.25, 0.3) is 27.0 Å². The molecule has 1 saturated heterocycles. The molecule has 1 aliphatic rings. The van der Waals surface area contributed by atoms with Crippen molar-refractivity contribution >= 4 is 43.6 Å². The Morgan fingerprint density at radius 2 is 1.62 bits per heavy atom. The molecule has 8 nitrogen and oxygen atoms in total. The highest BCUT2D eigenvalue weighted by molar-refractivity contribution is 7.92. The van der Waals surface area contributed by atoms with Crippen LogP contribution in [0.2, 0.25) is 0 Å². The van der Waals surface area contributed by atoms with Gasteiger partial charge in [-0.1, -0.05) is 42.5 Å². The average molecular weight is 492 g/mol. The van der Waals surface area contributed by atoms with E-state index in [0.29, 0.717) is 10.7 Å². The van der Waals surface area contributed by atoms with Crippen molar-refractivity contribution in [3.05, 3.63) is 83.7 Å². The number of fused-ring (bicyclic) bond motifs is 1. The van der Waals surface area contributed by atoms with Crippen LogP contribution in [-0.4, -0.2) is 64.7 Å². The van der Waals surface area contributed by atoms with Crippen molar-refractivity contribution in [2.75, 3.05) is 26.2 Å². The molecule has 1 aliphatic heterocycles. The fourth-order valence-electron chi connectivity index (χ4n) is 3.73. The van der Waals surface area contributed by atoms with Gasteiger partial charge in [-0.05, 0) is 23.8 Å². The lowest BCUT2D eigenvalue weighted by molar-refractivity contribution is 0.0693. The molecule has 1 fully saturated rings. The third-order valence-corrected chi connectivity index (χ3v) is 8.12. The van der Waals surface area contributed by atoms with E-state index in [-0.39, 0.29) is 37.8 Å². The summed E-state index contributed by atoms with van der Waals surface area (Å²) in [6, 6.07) is 17.0. The van der Waals surface area contributed by atoms with E-state index in [0.717, 1.165) is 15.8 Å². The average Bonchev–Trinajstić information content (AvgIpc) is 3.32. The minimum atomic E-state index is -3.58. The van der Waals surface area contributed by atoms with E-state index in [9.17, 15) is 13.2 Å². The van der Waals surface area contributed by atoms with Gasteiger partial charge in [-0.25, -0.2) is 23.4 Å². The van der Waals surface area contributed by atoms with Gasteiger partial charge in [0.05, 0.1) is 10.2 Å². The van der Waals surface area contributed by atoms with Crippen LogP contribution in [0.4, 0.5) is 0 Å². The molecule has 0 aliphatic carbocycles. The zero-order chi connectivity index (χ0) is 23.5. The maximum Gasteiger partial charge on any atom is 0.274 e. The lowest BCUT2D eigenvalue weighted by atomic mass is 10.2. The largest absolute Gasteiger partial charge is 0.335 e. The van der Waals surface area contributed by atoms with E-state index in [1.165, 1.54) is 27.2 Å². The standard InChI is InChI=1S/C24H21N5O3S2/c30-24(22-21(25-11-12-26-22)23-27-19-8-4-5-9-20(19)33-23)28-13-15-29(16-14-28)34(31,32)17-10-18-6-2-1-3-7-18/h1-12,17H,13-16H2/b17-10+. The number of rotatable bonds is 5. The molecule has 0 bridgehead atoms. The molecule has 10 heteroatoms. The fourth-order valence-corrected chi connectivity index (χ4v) is 5.87. The van der Waals surface area contributed by atoms with Crippen LogP contribution in [-0.2, 0) is 10.0 Å². The number of aromatic nitrogens is 3. The van der Waals surface area contributed by atoms with Gasteiger partial charge in [0.2, 0.25) is 10.0 Å². The number of hydrogen-bond acceptors (Lipinski definition) is 7. The topological polar surface area (TPSA) is 96.4 Å². The van der Waals surface area contributed by atoms with Gasteiger partial charge >= 0.3 is 0 Å². The summed E-state index contributed by atoms with van der Waals surface area (Å²) in [5, 5.41) is 1.85. The number of para-hydroxylation sites is 1. The Bertz CT molecular complexity index is 1430. The molecule has 0 atom stereocenters. The van der Waals surface area contributed by atoms with E-state index >= 15 is 0 Å². The Hall–Kier alpha value is -3.47. The Labute approximate surface area is 201 Å². The summed E-state index contributed by atoms with van der Waals surface area (Å²) in [5.74, 6) is -0.278. The number of hydrogen-bond donors (Lipinski definition) is 0. The number of benzene rings is 2. The van der Waals surface area contributed by atoms with Gasteiger partial charge < -0.3 is 4.90 Å². The van der Waals surface area contributed by atoms with Crippen molar-refractivity contribution in [2.24, 2.45) is 0 Å². The second-order valence-corrected chi connectivity index (χ2v) is 10.5. The molecule has 0 radical (unpaired) electrons. The van der Waals surface area contributed by atoms with E-state index in [1.807, 2.05) is 54.6 Å². The minimum Gasteiger partial charge on any atom is -0.335 e. The maximum absolute atomic E-state index is 13.3. The highest BCUT2D eigenvalue weighted by atomic mass is 32.2. The molecule has 2 aromatic carbocycles. The zero-order valence-electron chi connectivity index (χ0n) is 18.1. The summed E-state index contributed by atoms with van der Waals surface area (Å²) in [5.41, 5.74) is 2.32. The molecular weight excluding hydrogens is 470 g/mol. The van der Waals surface area contributed by atoms with Gasteiger partial charge in [0, 0.05) is 44.0 Å². The van der Waals surface area contributed by atoms with Gasteiger partial charge in [-0.3, -0.25) is 4.79 Å². The van der Waals surface area contributed by atoms with E-state index in [2.05, 4.69) is 15.0 Å². The summed E-state index contributed by atoms with van der Waals surface area (Å²) >= 11 is 1.46. The van der Waals surface area contributed by atoms with Crippen molar-refractivity contribution in [3.8, 4) is 10.7 Å². The maximum atomic E-state index is 13.3. The van der Waals surface area contributed by atoms with E-state index in [4.69, 9.17) is 0 Å². The number of nitrogens with zero attached hydrogens (tertiary/aromatic N) is 5. The van der Waals surface area contributed by atoms with E-state index in [1.54, 1.807) is 17.2 Å². The molecule has 0 spiro atoms. The second-order valence-electron chi connectivity index (χ2n) is 7.69. The molecule has 5 rings (SSSR count). The third kappa shape index (κ3) is 4.60. The second kappa shape index (κ2) is 9.41. The van der Waals surface area contributed by atoms with Gasteiger partial charge in [0.25, 0.3) is 5.91 Å². The minimum absolute atomic E-state index is 0.212. The summed E-state index contributed by atoms with van der Waals surface area (Å²) in [6.07, 6.45) is 4.61. The molecule has 0 saturated carbocycles. The van der Waals surface area contributed by atoms with Crippen molar-refractivity contribution in [1.29, 1.82) is 0 Å². The molecule has 34 heavy (non-hydrogen) atoms. The summed E-state index contributed by atoms with van der Waals surface area (Å²) in [7, 11) is -3.58. The number of carbonyl (C=O) groups excluding carboxylic acids is 1. The SMILES string of the molecule is O=C(c1nccnc1-c1nc2ccccc2s1)N1CCN(S(=O)(=O)/C=C/c2ccccc2)CC1. The molecule has 0 N–H and O–H groups in total. The summed E-state index contributed by atoms with van der Waals surface area (Å²) < 4.78 is 27.9. The van der Waals surface area contributed by atoms with Crippen molar-refractivity contribution in [2.45, 2.75) is 0 Å². The number of amides is 1. The quantitative estimate of drug-likeness (QED) is 0.424. The lowest BCUT2D eigenvalue weighted by Gasteiger charge is -2.33. The summed E-state index contributed by atoms with van der Waals surface area (Å²) in [6.45, 7) is 0.966. The Balaban J connectivity index is 1.31. The number of sulfonamides is 1. The number of thiazole rings is 1. The Morgan fingerprint density at radius 3 is 2.38 bits per heavy atom. The first-order valence-electron chi connectivity index (χ1n) is 10.7. The Morgan fingerprint density at radius 1 is 0.912 bits per heavy atom. The predicted molar refractivity (Wildman–Crippen MR) is 133 cm³/mol. The first-order valence-corrected chi connectivity index (χ1v) is 13.0. The first kappa shape index (κ1) is 22.3. The van der Waals surface area contributed by atoms with Gasteiger partial charge in [0.15, 0.2) is 5.69 Å². The van der Waals surface area contributed by atoms with Crippen LogP contribution in [0.1, 0.15) is 16.1 Å². The molecular formula is C24H21N5O3S2. The van der Waals surface area contributed by atoms with Crippen LogP contribution in [0.15, 0.2) is 72.4 Å². The monoisotopic (exact) mass is 491 g/mol. The van der Waals surface area contributed by atoms with Gasteiger partial charge in [-0.15, -0.1) is 11.3 Å². The smallest absolute Gasteiger partial charge is 0.274 e. The van der Waals surface area contributed by atoms with Crippen molar-refractivity contribution < 1.29 is 13.2 Å². The third-order valence-electron chi connectivity index (χ3n) is 5.52. The first-order chi connectivity index (χ1) is 16.5. The van der Waals surface area contributed by atoms with Crippen molar-refractivity contribution in [3.63, 3.8) is 0 Å².